The van der Waals surface area contributed by atoms with Gasteiger partial charge >= 0.3 is 6.09 Å². The van der Waals surface area contributed by atoms with Crippen molar-refractivity contribution in [1.82, 2.24) is 10.6 Å². The van der Waals surface area contributed by atoms with Gasteiger partial charge in [-0.05, 0) is 44.0 Å². The van der Waals surface area contributed by atoms with Crippen LogP contribution in [0.1, 0.15) is 44.0 Å². The van der Waals surface area contributed by atoms with Crippen LogP contribution in [0.25, 0.3) is 0 Å². The molecule has 2 aromatic carbocycles. The Morgan fingerprint density at radius 3 is 2.27 bits per heavy atom. The van der Waals surface area contributed by atoms with Gasteiger partial charge in [0.25, 0.3) is 0 Å². The van der Waals surface area contributed by atoms with E-state index < -0.39 is 29.7 Å². The summed E-state index contributed by atoms with van der Waals surface area (Å²) in [6.45, 7) is 5.44. The molecule has 2 amide bonds. The van der Waals surface area contributed by atoms with E-state index in [0.29, 0.717) is 21.2 Å². The van der Waals surface area contributed by atoms with Crippen molar-refractivity contribution in [1.29, 1.82) is 0 Å². The minimum absolute atomic E-state index is 0.182. The molecule has 2 atom stereocenters. The molecule has 0 bridgehead atoms. The molecular weight excluding hydrogens is 427 g/mol. The fraction of sp³-hybridized carbons (Fsp3) is 0.364. The molecule has 2 unspecified atom stereocenters. The van der Waals surface area contributed by atoms with E-state index in [2.05, 4.69) is 10.6 Å². The molecule has 2 N–H and O–H groups in total. The summed E-state index contributed by atoms with van der Waals surface area (Å²) in [7, 11) is 1.52. The average molecular weight is 453 g/mol. The summed E-state index contributed by atoms with van der Waals surface area (Å²) >= 11 is 12.3. The van der Waals surface area contributed by atoms with Gasteiger partial charge in [0.05, 0.1) is 12.6 Å². The third-order valence-corrected chi connectivity index (χ3v) is 4.61. The van der Waals surface area contributed by atoms with E-state index in [-0.39, 0.29) is 6.61 Å². The maximum Gasteiger partial charge on any atom is 0.408 e. The summed E-state index contributed by atoms with van der Waals surface area (Å²) in [6.07, 6.45) is -0.695. The summed E-state index contributed by atoms with van der Waals surface area (Å²) in [5, 5.41) is 6.43. The Labute approximate surface area is 186 Å². The van der Waals surface area contributed by atoms with E-state index in [0.717, 1.165) is 0 Å². The first kappa shape index (κ1) is 24.0. The van der Waals surface area contributed by atoms with E-state index in [1.807, 2.05) is 6.07 Å². The molecular formula is C22H26Cl2N2O4. The van der Waals surface area contributed by atoms with Crippen molar-refractivity contribution < 1.29 is 19.1 Å². The number of hydrogen-bond acceptors (Lipinski definition) is 4. The molecule has 0 aliphatic rings. The Bertz CT molecular complexity index is 869. The fourth-order valence-electron chi connectivity index (χ4n) is 2.79. The van der Waals surface area contributed by atoms with Crippen LogP contribution < -0.4 is 10.6 Å². The molecule has 162 valence electrons. The highest BCUT2D eigenvalue weighted by molar-refractivity contribution is 6.35. The lowest BCUT2D eigenvalue weighted by Gasteiger charge is -2.26. The molecule has 0 aliphatic carbocycles. The first-order valence-corrected chi connectivity index (χ1v) is 10.1. The number of hydrogen-bond donors (Lipinski definition) is 2. The van der Waals surface area contributed by atoms with Crippen LogP contribution in [-0.4, -0.2) is 31.3 Å². The molecule has 0 heterocycles. The molecule has 0 aliphatic heterocycles. The standard InChI is InChI=1S/C22H26Cl2N2O4/c1-22(2,3)30-21(28)26-19(14-8-6-5-7-9-14)20(27)25-18(13-29-4)16-11-10-15(23)12-17(16)24/h5-12,18-19H,13H2,1-4H3,(H,25,27)(H,26,28). The van der Waals surface area contributed by atoms with Gasteiger partial charge in [0, 0.05) is 17.2 Å². The molecule has 0 aromatic heterocycles. The van der Waals surface area contributed by atoms with E-state index in [4.69, 9.17) is 32.7 Å². The first-order valence-electron chi connectivity index (χ1n) is 9.39. The number of benzene rings is 2. The minimum atomic E-state index is -0.966. The zero-order chi connectivity index (χ0) is 22.3. The second-order valence-corrected chi connectivity index (χ2v) is 8.52. The number of rotatable bonds is 7. The maximum absolute atomic E-state index is 13.2. The zero-order valence-electron chi connectivity index (χ0n) is 17.4. The van der Waals surface area contributed by atoms with Crippen molar-refractivity contribution in [2.45, 2.75) is 38.5 Å². The van der Waals surface area contributed by atoms with Gasteiger partial charge < -0.3 is 20.1 Å². The lowest BCUT2D eigenvalue weighted by atomic mass is 10.0. The summed E-state index contributed by atoms with van der Waals surface area (Å²) < 4.78 is 10.6. The molecule has 8 heteroatoms. The number of nitrogens with one attached hydrogen (secondary N) is 2. The van der Waals surface area contributed by atoms with Crippen LogP contribution in [0, 0.1) is 0 Å². The van der Waals surface area contributed by atoms with E-state index in [1.165, 1.54) is 7.11 Å². The van der Waals surface area contributed by atoms with Crippen LogP contribution >= 0.6 is 23.2 Å². The maximum atomic E-state index is 13.2. The quantitative estimate of drug-likeness (QED) is 0.614. The van der Waals surface area contributed by atoms with Crippen molar-refractivity contribution in [3.05, 3.63) is 69.7 Å². The predicted molar refractivity (Wildman–Crippen MR) is 118 cm³/mol. The van der Waals surface area contributed by atoms with Crippen LogP contribution in [0.2, 0.25) is 10.0 Å². The third-order valence-electron chi connectivity index (χ3n) is 4.04. The highest BCUT2D eigenvalue weighted by atomic mass is 35.5. The normalized spacial score (nSPS) is 13.3. The summed E-state index contributed by atoms with van der Waals surface area (Å²) in [5.41, 5.74) is 0.566. The number of alkyl carbamates (subject to hydrolysis) is 1. The Balaban J connectivity index is 2.28. The van der Waals surface area contributed by atoms with Crippen LogP contribution in [0.5, 0.6) is 0 Å². The monoisotopic (exact) mass is 452 g/mol. The number of carbonyl (C=O) groups excluding carboxylic acids is 2. The van der Waals surface area contributed by atoms with Crippen molar-refractivity contribution in [3.8, 4) is 0 Å². The van der Waals surface area contributed by atoms with Gasteiger partial charge in [-0.15, -0.1) is 0 Å². The van der Waals surface area contributed by atoms with Crippen LogP contribution in [0.3, 0.4) is 0 Å². The highest BCUT2D eigenvalue weighted by Gasteiger charge is 2.28. The number of amides is 2. The minimum Gasteiger partial charge on any atom is -0.444 e. The SMILES string of the molecule is COCC(NC(=O)C(NC(=O)OC(C)(C)C)c1ccccc1)c1ccc(Cl)cc1Cl. The van der Waals surface area contributed by atoms with Gasteiger partial charge in [0.2, 0.25) is 5.91 Å². The van der Waals surface area contributed by atoms with Crippen molar-refractivity contribution in [3.63, 3.8) is 0 Å². The molecule has 0 spiro atoms. The largest absolute Gasteiger partial charge is 0.444 e. The molecule has 6 nitrogen and oxygen atoms in total. The van der Waals surface area contributed by atoms with Crippen LogP contribution in [-0.2, 0) is 14.3 Å². The third kappa shape index (κ3) is 7.20. The molecule has 30 heavy (non-hydrogen) atoms. The van der Waals surface area contributed by atoms with E-state index >= 15 is 0 Å². The second kappa shape index (κ2) is 10.7. The number of ether oxygens (including phenoxy) is 2. The lowest BCUT2D eigenvalue weighted by molar-refractivity contribution is -0.124. The topological polar surface area (TPSA) is 76.7 Å². The van der Waals surface area contributed by atoms with Gasteiger partial charge in [-0.2, -0.15) is 0 Å². The molecule has 0 radical (unpaired) electrons. The second-order valence-electron chi connectivity index (χ2n) is 7.67. The lowest BCUT2D eigenvalue weighted by Crippen LogP contribution is -2.44. The Morgan fingerprint density at radius 2 is 1.70 bits per heavy atom. The van der Waals surface area contributed by atoms with Gasteiger partial charge in [-0.1, -0.05) is 59.6 Å². The van der Waals surface area contributed by atoms with E-state index in [9.17, 15) is 9.59 Å². The summed E-state index contributed by atoms with van der Waals surface area (Å²) in [6, 6.07) is 12.4. The number of carbonyl (C=O) groups is 2. The van der Waals surface area contributed by atoms with Crippen LogP contribution in [0.4, 0.5) is 4.79 Å². The fourth-order valence-corrected chi connectivity index (χ4v) is 3.33. The average Bonchev–Trinajstić information content (AvgIpc) is 2.65. The highest BCUT2D eigenvalue weighted by Crippen LogP contribution is 2.27. The Morgan fingerprint density at radius 1 is 1.03 bits per heavy atom. The molecule has 2 rings (SSSR count). The smallest absolute Gasteiger partial charge is 0.408 e. The van der Waals surface area contributed by atoms with Crippen molar-refractivity contribution in [2.75, 3.05) is 13.7 Å². The first-order chi connectivity index (χ1) is 14.1. The number of halogens is 2. The van der Waals surface area contributed by atoms with Crippen molar-refractivity contribution >= 4 is 35.2 Å². The van der Waals surface area contributed by atoms with E-state index in [1.54, 1.807) is 63.2 Å². The Kier molecular flexibility index (Phi) is 8.53. The van der Waals surface area contributed by atoms with Gasteiger partial charge in [-0.25, -0.2) is 4.79 Å². The van der Waals surface area contributed by atoms with Gasteiger partial charge in [0.15, 0.2) is 0 Å². The van der Waals surface area contributed by atoms with Gasteiger partial charge in [0.1, 0.15) is 11.6 Å². The number of methoxy groups -OCH3 is 1. The molecule has 2 aromatic rings. The summed E-state index contributed by atoms with van der Waals surface area (Å²) in [4.78, 5) is 25.5. The predicted octanol–water partition coefficient (Wildman–Crippen LogP) is 5.06. The molecule has 0 fully saturated rings. The van der Waals surface area contributed by atoms with Crippen molar-refractivity contribution in [2.24, 2.45) is 0 Å². The molecule has 0 saturated heterocycles. The molecule has 0 saturated carbocycles. The zero-order valence-corrected chi connectivity index (χ0v) is 18.9. The van der Waals surface area contributed by atoms with Gasteiger partial charge in [-0.3, -0.25) is 4.79 Å². The Hall–Kier alpha value is -2.28. The summed E-state index contributed by atoms with van der Waals surface area (Å²) in [5.74, 6) is -0.430. The van der Waals surface area contributed by atoms with Crippen LogP contribution in [0.15, 0.2) is 48.5 Å².